The number of nitrogens with zero attached hydrogens (tertiary/aromatic N) is 5. The van der Waals surface area contributed by atoms with E-state index >= 15 is 0 Å². The van der Waals surface area contributed by atoms with Crippen LogP contribution in [0.3, 0.4) is 0 Å². The maximum atomic E-state index is 13.1. The van der Waals surface area contributed by atoms with Gasteiger partial charge in [0.05, 0.1) is 19.3 Å². The minimum absolute atomic E-state index is 0.0642. The van der Waals surface area contributed by atoms with Gasteiger partial charge in [-0.2, -0.15) is 5.10 Å². The minimum atomic E-state index is 0.0642. The van der Waals surface area contributed by atoms with Crippen LogP contribution < -0.4 is 9.80 Å². The standard InChI is InChI=1S/C26H29N5O2/c1-19-3-4-20(2)23(17-19)28-13-15-29(16-14-28)26(33)22-7-5-21(6-8-22)18-30-24-9-11-27-31(24)12-10-25(30)32/h3-9,11,17H,10,12-16,18H2,1-2H3. The number of rotatable bonds is 4. The number of hydrogen-bond donors (Lipinski definition) is 0. The lowest BCUT2D eigenvalue weighted by Crippen LogP contribution is -2.49. The Morgan fingerprint density at radius 2 is 1.70 bits per heavy atom. The number of fused-ring (bicyclic) bond motifs is 1. The van der Waals surface area contributed by atoms with Gasteiger partial charge < -0.3 is 9.80 Å². The molecule has 0 atom stereocenters. The van der Waals surface area contributed by atoms with Gasteiger partial charge in [-0.25, -0.2) is 4.68 Å². The molecule has 0 radical (unpaired) electrons. The van der Waals surface area contributed by atoms with Crippen LogP contribution in [0.4, 0.5) is 11.5 Å². The molecule has 2 aliphatic heterocycles. The van der Waals surface area contributed by atoms with E-state index in [0.29, 0.717) is 38.2 Å². The van der Waals surface area contributed by atoms with Gasteiger partial charge in [0.15, 0.2) is 0 Å². The van der Waals surface area contributed by atoms with Gasteiger partial charge in [-0.1, -0.05) is 24.3 Å². The quantitative estimate of drug-likeness (QED) is 0.620. The highest BCUT2D eigenvalue weighted by atomic mass is 16.2. The maximum absolute atomic E-state index is 13.1. The summed E-state index contributed by atoms with van der Waals surface area (Å²) in [4.78, 5) is 31.6. The Morgan fingerprint density at radius 1 is 0.939 bits per heavy atom. The molecule has 1 saturated heterocycles. The van der Waals surface area contributed by atoms with Gasteiger partial charge in [0, 0.05) is 49.9 Å². The lowest BCUT2D eigenvalue weighted by atomic mass is 10.1. The molecule has 0 unspecified atom stereocenters. The fraction of sp³-hybridized carbons (Fsp3) is 0.346. The number of carbonyl (C=O) groups excluding carboxylic acids is 2. The molecule has 7 nitrogen and oxygen atoms in total. The molecule has 3 heterocycles. The Balaban J connectivity index is 1.22. The first-order chi connectivity index (χ1) is 16.0. The summed E-state index contributed by atoms with van der Waals surface area (Å²) >= 11 is 0. The van der Waals surface area contributed by atoms with Crippen molar-refractivity contribution in [2.24, 2.45) is 0 Å². The molecule has 7 heteroatoms. The number of aryl methyl sites for hydroxylation is 3. The van der Waals surface area contributed by atoms with E-state index in [1.54, 1.807) is 11.1 Å². The summed E-state index contributed by atoms with van der Waals surface area (Å²) in [6.07, 6.45) is 2.18. The highest BCUT2D eigenvalue weighted by molar-refractivity contribution is 5.95. The highest BCUT2D eigenvalue weighted by Crippen LogP contribution is 2.25. The second-order valence-corrected chi connectivity index (χ2v) is 8.91. The first-order valence-electron chi connectivity index (χ1n) is 11.5. The van der Waals surface area contributed by atoms with Gasteiger partial charge >= 0.3 is 0 Å². The third kappa shape index (κ3) is 4.23. The van der Waals surface area contributed by atoms with Crippen LogP contribution in [-0.2, 0) is 17.9 Å². The van der Waals surface area contributed by atoms with Gasteiger partial charge in [-0.05, 0) is 48.7 Å². The molecular weight excluding hydrogens is 414 g/mol. The molecule has 0 spiro atoms. The van der Waals surface area contributed by atoms with Gasteiger partial charge in [0.1, 0.15) is 5.82 Å². The Labute approximate surface area is 194 Å². The molecule has 0 saturated carbocycles. The largest absolute Gasteiger partial charge is 0.368 e. The maximum Gasteiger partial charge on any atom is 0.253 e. The summed E-state index contributed by atoms with van der Waals surface area (Å²) in [5, 5.41) is 4.27. The summed E-state index contributed by atoms with van der Waals surface area (Å²) in [6, 6.07) is 16.0. The lowest BCUT2D eigenvalue weighted by molar-refractivity contribution is -0.119. The van der Waals surface area contributed by atoms with Crippen LogP contribution >= 0.6 is 0 Å². The summed E-state index contributed by atoms with van der Waals surface area (Å²) in [5.74, 6) is 0.993. The van der Waals surface area contributed by atoms with Gasteiger partial charge in [0.25, 0.3) is 5.91 Å². The zero-order valence-corrected chi connectivity index (χ0v) is 19.2. The smallest absolute Gasteiger partial charge is 0.253 e. The van der Waals surface area contributed by atoms with E-state index in [1.807, 2.05) is 39.9 Å². The van der Waals surface area contributed by atoms with Crippen LogP contribution in [0.15, 0.2) is 54.7 Å². The molecular formula is C26H29N5O2. The Bertz CT molecular complexity index is 1180. The molecule has 1 aromatic heterocycles. The van der Waals surface area contributed by atoms with Crippen molar-refractivity contribution in [2.45, 2.75) is 33.4 Å². The minimum Gasteiger partial charge on any atom is -0.368 e. The summed E-state index contributed by atoms with van der Waals surface area (Å²) in [7, 11) is 0. The van der Waals surface area contributed by atoms with E-state index in [2.05, 4.69) is 42.0 Å². The normalized spacial score (nSPS) is 16.2. The molecule has 1 fully saturated rings. The van der Waals surface area contributed by atoms with Crippen molar-refractivity contribution in [1.82, 2.24) is 14.7 Å². The summed E-state index contributed by atoms with van der Waals surface area (Å²) in [5.41, 5.74) is 5.47. The molecule has 2 aromatic carbocycles. The number of aromatic nitrogens is 2. The average molecular weight is 444 g/mol. The fourth-order valence-corrected chi connectivity index (χ4v) is 4.69. The van der Waals surface area contributed by atoms with Gasteiger partial charge in [0.2, 0.25) is 5.91 Å². The van der Waals surface area contributed by atoms with E-state index in [1.165, 1.54) is 16.8 Å². The molecule has 170 valence electrons. The first kappa shape index (κ1) is 21.2. The number of hydrogen-bond acceptors (Lipinski definition) is 4. The van der Waals surface area contributed by atoms with Gasteiger partial charge in [-0.3, -0.25) is 14.5 Å². The Hall–Kier alpha value is -3.61. The first-order valence-corrected chi connectivity index (χ1v) is 11.5. The van der Waals surface area contributed by atoms with Gasteiger partial charge in [-0.15, -0.1) is 0 Å². The Morgan fingerprint density at radius 3 is 2.45 bits per heavy atom. The van der Waals surface area contributed by atoms with E-state index in [4.69, 9.17) is 0 Å². The average Bonchev–Trinajstić information content (AvgIpc) is 3.32. The van der Waals surface area contributed by atoms with Crippen LogP contribution in [0.2, 0.25) is 0 Å². The van der Waals surface area contributed by atoms with Crippen molar-refractivity contribution < 1.29 is 9.59 Å². The summed E-state index contributed by atoms with van der Waals surface area (Å²) in [6.45, 7) is 8.44. The monoisotopic (exact) mass is 443 g/mol. The third-order valence-electron chi connectivity index (χ3n) is 6.62. The van der Waals surface area contributed by atoms with Crippen LogP contribution in [0.1, 0.15) is 33.5 Å². The van der Waals surface area contributed by atoms with Crippen molar-refractivity contribution in [1.29, 1.82) is 0 Å². The number of benzene rings is 2. The predicted molar refractivity (Wildman–Crippen MR) is 129 cm³/mol. The third-order valence-corrected chi connectivity index (χ3v) is 6.62. The number of anilines is 2. The van der Waals surface area contributed by atoms with E-state index < -0.39 is 0 Å². The SMILES string of the molecule is Cc1ccc(C)c(N2CCN(C(=O)c3ccc(CN4C(=O)CCn5nccc54)cc3)CC2)c1. The van der Waals surface area contributed by atoms with E-state index in [9.17, 15) is 9.59 Å². The highest BCUT2D eigenvalue weighted by Gasteiger charge is 2.26. The topological polar surface area (TPSA) is 61.7 Å². The van der Waals surface area contributed by atoms with Crippen LogP contribution in [0.5, 0.6) is 0 Å². The zero-order chi connectivity index (χ0) is 22.9. The molecule has 5 rings (SSSR count). The molecule has 0 bridgehead atoms. The molecule has 0 aliphatic carbocycles. The van der Waals surface area contributed by atoms with Crippen LogP contribution in [0, 0.1) is 13.8 Å². The number of amides is 2. The lowest BCUT2D eigenvalue weighted by Gasteiger charge is -2.37. The zero-order valence-electron chi connectivity index (χ0n) is 19.2. The van der Waals surface area contributed by atoms with Crippen molar-refractivity contribution in [2.75, 3.05) is 36.0 Å². The molecule has 0 N–H and O–H groups in total. The molecule has 33 heavy (non-hydrogen) atoms. The second kappa shape index (κ2) is 8.73. The summed E-state index contributed by atoms with van der Waals surface area (Å²) < 4.78 is 1.86. The number of carbonyl (C=O) groups is 2. The number of piperazine rings is 1. The van der Waals surface area contributed by atoms with Crippen molar-refractivity contribution >= 4 is 23.3 Å². The van der Waals surface area contributed by atoms with Crippen molar-refractivity contribution in [3.63, 3.8) is 0 Å². The Kier molecular flexibility index (Phi) is 5.62. The van der Waals surface area contributed by atoms with Crippen LogP contribution in [-0.4, -0.2) is 52.7 Å². The van der Waals surface area contributed by atoms with Crippen molar-refractivity contribution in [3.05, 3.63) is 77.0 Å². The van der Waals surface area contributed by atoms with E-state index in [0.717, 1.165) is 24.5 Å². The second-order valence-electron chi connectivity index (χ2n) is 8.91. The molecule has 2 aliphatic rings. The van der Waals surface area contributed by atoms with Crippen LogP contribution in [0.25, 0.3) is 0 Å². The predicted octanol–water partition coefficient (Wildman–Crippen LogP) is 3.40. The molecule has 3 aromatic rings. The fourth-order valence-electron chi connectivity index (χ4n) is 4.69. The van der Waals surface area contributed by atoms with Crippen molar-refractivity contribution in [3.8, 4) is 0 Å². The molecule has 2 amide bonds. The van der Waals surface area contributed by atoms with E-state index in [-0.39, 0.29) is 11.8 Å².